The number of anilines is 2. The van der Waals surface area contributed by atoms with E-state index >= 15 is 0 Å². The fourth-order valence-electron chi connectivity index (χ4n) is 3.33. The monoisotopic (exact) mass is 431 g/mol. The Morgan fingerprint density at radius 3 is 2.53 bits per heavy atom. The Hall–Kier alpha value is -4.40. The number of hydrogen-bond donors (Lipinski definition) is 2. The maximum absolute atomic E-state index is 12.8. The summed E-state index contributed by atoms with van der Waals surface area (Å²) in [5, 5.41) is 10.3. The smallest absolute Gasteiger partial charge is 0.256 e. The zero-order valence-electron chi connectivity index (χ0n) is 17.5. The maximum atomic E-state index is 12.8. The van der Waals surface area contributed by atoms with Crippen LogP contribution in [0, 0.1) is 0 Å². The van der Waals surface area contributed by atoms with Gasteiger partial charge in [-0.1, -0.05) is 18.2 Å². The Kier molecular flexibility index (Phi) is 5.71. The third-order valence-electron chi connectivity index (χ3n) is 4.97. The highest BCUT2D eigenvalue weighted by Crippen LogP contribution is 2.18. The van der Waals surface area contributed by atoms with Crippen molar-refractivity contribution in [2.75, 3.05) is 17.7 Å². The number of methoxy groups -OCH3 is 1. The van der Waals surface area contributed by atoms with Crippen LogP contribution in [0.25, 0.3) is 10.9 Å². The lowest BCUT2D eigenvalue weighted by Gasteiger charge is -2.09. The number of rotatable bonds is 6. The van der Waals surface area contributed by atoms with Gasteiger partial charge in [-0.2, -0.15) is 5.10 Å². The van der Waals surface area contributed by atoms with Crippen LogP contribution in [0.5, 0.6) is 5.75 Å². The summed E-state index contributed by atoms with van der Waals surface area (Å²) in [5.41, 5.74) is 1.70. The lowest BCUT2D eigenvalue weighted by Crippen LogP contribution is -2.21. The van der Waals surface area contributed by atoms with E-state index in [4.69, 9.17) is 4.74 Å². The number of nitrogens with one attached hydrogen (secondary N) is 2. The van der Waals surface area contributed by atoms with Crippen molar-refractivity contribution in [3.63, 3.8) is 0 Å². The van der Waals surface area contributed by atoms with Gasteiger partial charge in [-0.15, -0.1) is 0 Å². The Bertz CT molecular complexity index is 1360. The van der Waals surface area contributed by atoms with E-state index in [0.29, 0.717) is 28.0 Å². The van der Waals surface area contributed by atoms with E-state index in [1.54, 1.807) is 56.8 Å². The number of ether oxygens (including phenoxy) is 1. The first-order valence-electron chi connectivity index (χ1n) is 9.81. The average molecular weight is 431 g/mol. The zero-order chi connectivity index (χ0) is 22.7. The zero-order valence-corrected chi connectivity index (χ0v) is 17.5. The molecule has 0 aliphatic heterocycles. The number of aryl methyl sites for hydroxylation is 1. The van der Waals surface area contributed by atoms with E-state index < -0.39 is 5.91 Å². The molecule has 2 aromatic heterocycles. The molecule has 2 amide bonds. The fraction of sp³-hybridized carbons (Fsp3) is 0.130. The molecule has 2 heterocycles. The van der Waals surface area contributed by atoms with Gasteiger partial charge in [-0.3, -0.25) is 19.1 Å². The summed E-state index contributed by atoms with van der Waals surface area (Å²) in [4.78, 5) is 37.3. The molecule has 0 fully saturated rings. The van der Waals surface area contributed by atoms with Gasteiger partial charge < -0.3 is 19.9 Å². The SMILES string of the molecule is COc1ccc(NC(=O)Cn2cc(NC(=O)c3cc(=O)n(C)c4ccccc34)cn2)cc1. The number of pyridine rings is 1. The van der Waals surface area contributed by atoms with Crippen LogP contribution in [0.2, 0.25) is 0 Å². The van der Waals surface area contributed by atoms with Crippen molar-refractivity contribution in [1.29, 1.82) is 0 Å². The molecule has 0 aliphatic carbocycles. The Labute approximate surface area is 183 Å². The van der Waals surface area contributed by atoms with Crippen molar-refractivity contribution in [3.05, 3.63) is 82.9 Å². The third kappa shape index (κ3) is 4.36. The van der Waals surface area contributed by atoms with Crippen molar-refractivity contribution in [3.8, 4) is 5.75 Å². The van der Waals surface area contributed by atoms with E-state index in [9.17, 15) is 14.4 Å². The van der Waals surface area contributed by atoms with Crippen molar-refractivity contribution in [2.24, 2.45) is 7.05 Å². The number of nitrogens with zero attached hydrogens (tertiary/aromatic N) is 3. The molecule has 0 saturated heterocycles. The molecule has 0 radical (unpaired) electrons. The standard InChI is InChI=1S/C23H21N5O4/c1-27-20-6-4-3-5-18(20)19(11-22(27)30)23(31)26-16-12-24-28(13-16)14-21(29)25-15-7-9-17(32-2)10-8-15/h3-13H,14H2,1-2H3,(H,25,29)(H,26,31). The molecule has 0 saturated carbocycles. The van der Waals surface area contributed by atoms with Gasteiger partial charge in [0.25, 0.3) is 11.5 Å². The number of fused-ring (bicyclic) bond motifs is 1. The first-order chi connectivity index (χ1) is 15.4. The molecule has 0 spiro atoms. The van der Waals surface area contributed by atoms with Crippen LogP contribution in [-0.2, 0) is 18.4 Å². The molecule has 162 valence electrons. The lowest BCUT2D eigenvalue weighted by molar-refractivity contribution is -0.116. The topological polar surface area (TPSA) is 107 Å². The number of hydrogen-bond acceptors (Lipinski definition) is 5. The highest BCUT2D eigenvalue weighted by Gasteiger charge is 2.15. The number of carbonyl (C=O) groups excluding carboxylic acids is 2. The predicted octanol–water partition coefficient (Wildman–Crippen LogP) is 2.63. The largest absolute Gasteiger partial charge is 0.497 e. The van der Waals surface area contributed by atoms with Gasteiger partial charge in [0.1, 0.15) is 12.3 Å². The maximum Gasteiger partial charge on any atom is 0.256 e. The van der Waals surface area contributed by atoms with E-state index in [2.05, 4.69) is 15.7 Å². The lowest BCUT2D eigenvalue weighted by atomic mass is 10.1. The second kappa shape index (κ2) is 8.76. The van der Waals surface area contributed by atoms with Crippen LogP contribution in [0.3, 0.4) is 0 Å². The van der Waals surface area contributed by atoms with E-state index in [0.717, 1.165) is 0 Å². The van der Waals surface area contributed by atoms with Crippen molar-refractivity contribution < 1.29 is 14.3 Å². The summed E-state index contributed by atoms with van der Waals surface area (Å²) in [7, 11) is 3.23. The normalized spacial score (nSPS) is 10.7. The molecular formula is C23H21N5O4. The van der Waals surface area contributed by atoms with Gasteiger partial charge in [0.05, 0.1) is 30.1 Å². The molecule has 0 bridgehead atoms. The summed E-state index contributed by atoms with van der Waals surface area (Å²) in [5.74, 6) is -0.00525. The van der Waals surface area contributed by atoms with Gasteiger partial charge in [-0.05, 0) is 30.3 Å². The summed E-state index contributed by atoms with van der Waals surface area (Å²) in [6, 6.07) is 15.5. The summed E-state index contributed by atoms with van der Waals surface area (Å²) in [6.45, 7) is -0.0310. The molecule has 0 unspecified atom stereocenters. The van der Waals surface area contributed by atoms with Crippen LogP contribution < -0.4 is 20.9 Å². The minimum atomic E-state index is -0.430. The van der Waals surface area contributed by atoms with Crippen LogP contribution in [-0.4, -0.2) is 33.3 Å². The van der Waals surface area contributed by atoms with Crippen LogP contribution in [0.1, 0.15) is 10.4 Å². The number of benzene rings is 2. The highest BCUT2D eigenvalue weighted by molar-refractivity contribution is 6.12. The third-order valence-corrected chi connectivity index (χ3v) is 4.97. The first-order valence-corrected chi connectivity index (χ1v) is 9.81. The minimum absolute atomic E-state index is 0.0310. The number of aromatic nitrogens is 3. The van der Waals surface area contributed by atoms with Crippen LogP contribution in [0.15, 0.2) is 71.8 Å². The van der Waals surface area contributed by atoms with Gasteiger partial charge in [0, 0.05) is 30.4 Å². The van der Waals surface area contributed by atoms with Crippen LogP contribution in [0.4, 0.5) is 11.4 Å². The predicted molar refractivity (Wildman–Crippen MR) is 121 cm³/mol. The number of para-hydroxylation sites is 1. The molecular weight excluding hydrogens is 410 g/mol. The van der Waals surface area contributed by atoms with E-state index in [1.165, 1.54) is 21.5 Å². The first kappa shape index (κ1) is 20.9. The summed E-state index contributed by atoms with van der Waals surface area (Å²) >= 11 is 0. The van der Waals surface area contributed by atoms with Gasteiger partial charge in [-0.25, -0.2) is 0 Å². The minimum Gasteiger partial charge on any atom is -0.497 e. The van der Waals surface area contributed by atoms with Crippen molar-refractivity contribution >= 4 is 34.1 Å². The molecule has 0 aliphatic rings. The van der Waals surface area contributed by atoms with Crippen LogP contribution >= 0.6 is 0 Å². The second-order valence-electron chi connectivity index (χ2n) is 7.13. The molecule has 4 rings (SSSR count). The van der Waals surface area contributed by atoms with E-state index in [-0.39, 0.29) is 23.6 Å². The molecule has 0 atom stereocenters. The van der Waals surface area contributed by atoms with Crippen molar-refractivity contribution in [1.82, 2.24) is 14.3 Å². The van der Waals surface area contributed by atoms with E-state index in [1.807, 2.05) is 12.1 Å². The van der Waals surface area contributed by atoms with Gasteiger partial charge in [0.2, 0.25) is 5.91 Å². The Balaban J connectivity index is 1.45. The molecule has 2 N–H and O–H groups in total. The Morgan fingerprint density at radius 2 is 1.78 bits per heavy atom. The van der Waals surface area contributed by atoms with Gasteiger partial charge in [0.15, 0.2) is 0 Å². The van der Waals surface area contributed by atoms with Crippen molar-refractivity contribution in [2.45, 2.75) is 6.54 Å². The fourth-order valence-corrected chi connectivity index (χ4v) is 3.33. The second-order valence-corrected chi connectivity index (χ2v) is 7.13. The molecule has 2 aromatic carbocycles. The Morgan fingerprint density at radius 1 is 1.03 bits per heavy atom. The number of carbonyl (C=O) groups is 2. The quantitative estimate of drug-likeness (QED) is 0.488. The molecule has 9 heteroatoms. The average Bonchev–Trinajstić information content (AvgIpc) is 3.23. The summed E-state index contributed by atoms with van der Waals surface area (Å²) < 4.78 is 8.00. The number of amides is 2. The van der Waals surface area contributed by atoms with Gasteiger partial charge >= 0.3 is 0 Å². The molecule has 32 heavy (non-hydrogen) atoms. The molecule has 4 aromatic rings. The summed E-state index contributed by atoms with van der Waals surface area (Å²) in [6.07, 6.45) is 3.00. The molecule has 9 nitrogen and oxygen atoms in total. The highest BCUT2D eigenvalue weighted by atomic mass is 16.5.